The summed E-state index contributed by atoms with van der Waals surface area (Å²) in [6.07, 6.45) is 2.30. The summed E-state index contributed by atoms with van der Waals surface area (Å²) in [7, 11) is 0. The van der Waals surface area contributed by atoms with E-state index in [1.807, 2.05) is 0 Å². The maximum Gasteiger partial charge on any atom is 0.306 e. The van der Waals surface area contributed by atoms with Crippen molar-refractivity contribution >= 4 is 17.3 Å². The van der Waals surface area contributed by atoms with Gasteiger partial charge < -0.3 is 5.11 Å². The molecule has 0 aliphatic carbocycles. The fourth-order valence-electron chi connectivity index (χ4n) is 0.732. The molecule has 0 aliphatic heterocycles. The van der Waals surface area contributed by atoms with Crippen LogP contribution in [0.15, 0.2) is 11.7 Å². The number of hydrogen-bond donors (Lipinski definition) is 1. The van der Waals surface area contributed by atoms with Crippen molar-refractivity contribution in [3.8, 4) is 0 Å². The van der Waals surface area contributed by atoms with Gasteiger partial charge in [0.2, 0.25) is 0 Å². The molecule has 0 bridgehead atoms. The van der Waals surface area contributed by atoms with Crippen LogP contribution in [0.4, 0.5) is 0 Å². The van der Waals surface area contributed by atoms with Gasteiger partial charge in [-0.1, -0.05) is 6.92 Å². The predicted molar refractivity (Wildman–Crippen MR) is 42.6 cm³/mol. The van der Waals surface area contributed by atoms with Gasteiger partial charge in [-0.05, 0) is 6.42 Å². The van der Waals surface area contributed by atoms with Gasteiger partial charge in [0, 0.05) is 11.1 Å². The van der Waals surface area contributed by atoms with Crippen molar-refractivity contribution in [3.63, 3.8) is 0 Å². The Morgan fingerprint density at radius 2 is 2.64 bits per heavy atom. The monoisotopic (exact) mass is 171 g/mol. The predicted octanol–water partition coefficient (Wildman–Crippen LogP) is 1.41. The summed E-state index contributed by atoms with van der Waals surface area (Å²) in [6.45, 7) is 1.70. The number of carbonyl (C=O) groups is 1. The molecule has 0 saturated carbocycles. The van der Waals surface area contributed by atoms with Crippen molar-refractivity contribution in [1.82, 2.24) is 4.98 Å². The Kier molecular flexibility index (Phi) is 2.59. The second kappa shape index (κ2) is 3.48. The van der Waals surface area contributed by atoms with E-state index in [0.717, 1.165) is 4.88 Å². The molecule has 1 N–H and O–H groups in total. The van der Waals surface area contributed by atoms with Crippen LogP contribution in [0.1, 0.15) is 11.8 Å². The SMILES string of the molecule is C[C@@H](Cc1cncs1)C(=O)O. The van der Waals surface area contributed by atoms with Gasteiger partial charge in [0.15, 0.2) is 0 Å². The van der Waals surface area contributed by atoms with Crippen molar-refractivity contribution in [1.29, 1.82) is 0 Å². The van der Waals surface area contributed by atoms with Crippen molar-refractivity contribution in [2.45, 2.75) is 13.3 Å². The zero-order valence-electron chi connectivity index (χ0n) is 6.15. The minimum atomic E-state index is -0.751. The van der Waals surface area contributed by atoms with E-state index < -0.39 is 5.97 Å². The summed E-state index contributed by atoms with van der Waals surface area (Å²) in [5.41, 5.74) is 1.71. The Balaban J connectivity index is 2.50. The molecule has 1 heterocycles. The summed E-state index contributed by atoms with van der Waals surface area (Å²) in [5, 5.41) is 8.57. The highest BCUT2D eigenvalue weighted by atomic mass is 32.1. The van der Waals surface area contributed by atoms with Crippen LogP contribution in [-0.2, 0) is 11.2 Å². The summed E-state index contributed by atoms with van der Waals surface area (Å²) >= 11 is 1.49. The molecule has 1 aromatic heterocycles. The van der Waals surface area contributed by atoms with E-state index in [4.69, 9.17) is 5.11 Å². The molecular formula is C7H9NO2S. The third-order valence-corrected chi connectivity index (χ3v) is 2.21. The van der Waals surface area contributed by atoms with Crippen LogP contribution in [0.5, 0.6) is 0 Å². The van der Waals surface area contributed by atoms with Gasteiger partial charge in [-0.3, -0.25) is 9.78 Å². The second-order valence-electron chi connectivity index (χ2n) is 2.41. The first-order chi connectivity index (χ1) is 5.20. The Labute approximate surface area is 68.7 Å². The van der Waals surface area contributed by atoms with E-state index in [-0.39, 0.29) is 5.92 Å². The van der Waals surface area contributed by atoms with Crippen LogP contribution in [0, 0.1) is 5.92 Å². The van der Waals surface area contributed by atoms with E-state index >= 15 is 0 Å². The zero-order valence-corrected chi connectivity index (χ0v) is 6.97. The normalized spacial score (nSPS) is 12.8. The van der Waals surface area contributed by atoms with Gasteiger partial charge >= 0.3 is 5.97 Å². The highest BCUT2D eigenvalue weighted by Crippen LogP contribution is 2.12. The van der Waals surface area contributed by atoms with E-state index in [1.54, 1.807) is 18.6 Å². The number of nitrogens with zero attached hydrogens (tertiary/aromatic N) is 1. The molecular weight excluding hydrogens is 162 g/mol. The summed E-state index contributed by atoms with van der Waals surface area (Å²) in [5.74, 6) is -1.06. The highest BCUT2D eigenvalue weighted by molar-refractivity contribution is 7.09. The summed E-state index contributed by atoms with van der Waals surface area (Å²) in [6, 6.07) is 0. The lowest BCUT2D eigenvalue weighted by Crippen LogP contribution is -2.11. The van der Waals surface area contributed by atoms with Crippen molar-refractivity contribution in [2.75, 3.05) is 0 Å². The molecule has 0 saturated heterocycles. The van der Waals surface area contributed by atoms with Crippen LogP contribution < -0.4 is 0 Å². The first-order valence-corrected chi connectivity index (χ1v) is 4.18. The van der Waals surface area contributed by atoms with Crippen LogP contribution in [0.3, 0.4) is 0 Å². The van der Waals surface area contributed by atoms with Gasteiger partial charge in [0.25, 0.3) is 0 Å². The Morgan fingerprint density at radius 1 is 1.91 bits per heavy atom. The van der Waals surface area contributed by atoms with E-state index in [9.17, 15) is 4.79 Å². The van der Waals surface area contributed by atoms with Gasteiger partial charge in [-0.15, -0.1) is 11.3 Å². The second-order valence-corrected chi connectivity index (χ2v) is 3.38. The molecule has 11 heavy (non-hydrogen) atoms. The van der Waals surface area contributed by atoms with Crippen molar-refractivity contribution < 1.29 is 9.90 Å². The fourth-order valence-corrected chi connectivity index (χ4v) is 1.46. The third-order valence-electron chi connectivity index (χ3n) is 1.41. The molecule has 3 nitrogen and oxygen atoms in total. The fraction of sp³-hybridized carbons (Fsp3) is 0.429. The molecule has 0 aromatic carbocycles. The number of carboxylic acid groups (broad SMARTS) is 1. The van der Waals surface area contributed by atoms with Gasteiger partial charge in [-0.25, -0.2) is 0 Å². The molecule has 0 fully saturated rings. The standard InChI is InChI=1S/C7H9NO2S/c1-5(7(9)10)2-6-3-8-4-11-6/h3-5H,2H2,1H3,(H,9,10)/t5-/m0/s1. The van der Waals surface area contributed by atoms with Crippen LogP contribution in [-0.4, -0.2) is 16.1 Å². The lowest BCUT2D eigenvalue weighted by molar-refractivity contribution is -0.141. The average molecular weight is 171 g/mol. The van der Waals surface area contributed by atoms with Gasteiger partial charge in [0.05, 0.1) is 11.4 Å². The molecule has 0 unspecified atom stereocenters. The molecule has 4 heteroatoms. The van der Waals surface area contributed by atoms with Crippen molar-refractivity contribution in [3.05, 3.63) is 16.6 Å². The molecule has 1 atom stereocenters. The van der Waals surface area contributed by atoms with Crippen LogP contribution >= 0.6 is 11.3 Å². The number of aromatic nitrogens is 1. The number of rotatable bonds is 3. The van der Waals surface area contributed by atoms with Crippen LogP contribution in [0.25, 0.3) is 0 Å². The lowest BCUT2D eigenvalue weighted by atomic mass is 10.1. The molecule has 0 amide bonds. The summed E-state index contributed by atoms with van der Waals surface area (Å²) in [4.78, 5) is 15.3. The maximum atomic E-state index is 10.4. The Bertz CT molecular complexity index is 233. The molecule has 1 rings (SSSR count). The molecule has 1 aromatic rings. The Hall–Kier alpha value is -0.900. The van der Waals surface area contributed by atoms with Crippen molar-refractivity contribution in [2.24, 2.45) is 5.92 Å². The molecule has 0 aliphatic rings. The average Bonchev–Trinajstić information content (AvgIpc) is 2.39. The number of carboxylic acids is 1. The number of hydrogen-bond acceptors (Lipinski definition) is 3. The molecule has 60 valence electrons. The maximum absolute atomic E-state index is 10.4. The third kappa shape index (κ3) is 2.31. The largest absolute Gasteiger partial charge is 0.481 e. The number of aliphatic carboxylic acids is 1. The van der Waals surface area contributed by atoms with Crippen LogP contribution in [0.2, 0.25) is 0 Å². The first-order valence-electron chi connectivity index (χ1n) is 3.30. The van der Waals surface area contributed by atoms with E-state index in [2.05, 4.69) is 4.98 Å². The smallest absolute Gasteiger partial charge is 0.306 e. The number of thiazole rings is 1. The van der Waals surface area contributed by atoms with Gasteiger partial charge in [0.1, 0.15) is 0 Å². The topological polar surface area (TPSA) is 50.2 Å². The molecule has 0 radical (unpaired) electrons. The Morgan fingerprint density at radius 3 is 3.09 bits per heavy atom. The van der Waals surface area contributed by atoms with E-state index in [0.29, 0.717) is 6.42 Å². The minimum Gasteiger partial charge on any atom is -0.481 e. The lowest BCUT2D eigenvalue weighted by Gasteiger charge is -2.01. The summed E-state index contributed by atoms with van der Waals surface area (Å²) < 4.78 is 0. The zero-order chi connectivity index (χ0) is 8.27. The van der Waals surface area contributed by atoms with E-state index in [1.165, 1.54) is 11.3 Å². The van der Waals surface area contributed by atoms with Gasteiger partial charge in [-0.2, -0.15) is 0 Å². The quantitative estimate of drug-likeness (QED) is 0.748. The molecule has 0 spiro atoms. The highest BCUT2D eigenvalue weighted by Gasteiger charge is 2.11. The first kappa shape index (κ1) is 8.20. The minimum absolute atomic E-state index is 0.310.